The van der Waals surface area contributed by atoms with Crippen LogP contribution in [0.5, 0.6) is 0 Å². The molecule has 5 nitrogen and oxygen atoms in total. The molecule has 1 saturated heterocycles. The van der Waals surface area contributed by atoms with Crippen LogP contribution in [-0.4, -0.2) is 50.2 Å². The molecule has 0 radical (unpaired) electrons. The molecule has 0 aliphatic carbocycles. The molecule has 1 N–H and O–H groups in total. The Kier molecular flexibility index (Phi) is 6.59. The van der Waals surface area contributed by atoms with Gasteiger partial charge in [0.15, 0.2) is 0 Å². The molecule has 0 unspecified atom stereocenters. The Labute approximate surface area is 138 Å². The number of ether oxygens (including phenoxy) is 1. The summed E-state index contributed by atoms with van der Waals surface area (Å²) < 4.78 is 6.23. The maximum absolute atomic E-state index is 12.0. The van der Waals surface area contributed by atoms with Gasteiger partial charge in [0, 0.05) is 30.7 Å². The van der Waals surface area contributed by atoms with Gasteiger partial charge in [0.25, 0.3) is 5.91 Å². The van der Waals surface area contributed by atoms with E-state index in [1.54, 1.807) is 6.08 Å². The second-order valence-corrected chi connectivity index (χ2v) is 5.85. The van der Waals surface area contributed by atoms with Crippen molar-refractivity contribution in [3.63, 3.8) is 0 Å². The summed E-state index contributed by atoms with van der Waals surface area (Å²) >= 11 is 3.35. The molecule has 1 fully saturated rings. The van der Waals surface area contributed by atoms with Gasteiger partial charge < -0.3 is 10.1 Å². The minimum absolute atomic E-state index is 0.115. The number of morpholine rings is 1. The second-order valence-electron chi connectivity index (χ2n) is 4.93. The van der Waals surface area contributed by atoms with Crippen molar-refractivity contribution in [2.45, 2.75) is 0 Å². The van der Waals surface area contributed by atoms with Crippen molar-refractivity contribution in [3.05, 3.63) is 39.9 Å². The summed E-state index contributed by atoms with van der Waals surface area (Å²) in [6.45, 7) is 4.54. The molecular formula is C16H18BrN3O2. The highest BCUT2D eigenvalue weighted by Gasteiger charge is 2.12. The first kappa shape index (κ1) is 16.7. The normalized spacial score (nSPS) is 16.1. The van der Waals surface area contributed by atoms with Gasteiger partial charge in [-0.25, -0.2) is 0 Å². The smallest absolute Gasteiger partial charge is 0.261 e. The van der Waals surface area contributed by atoms with Gasteiger partial charge in [0.05, 0.1) is 13.2 Å². The topological polar surface area (TPSA) is 65.4 Å². The number of carbonyl (C=O) groups excluding carboxylic acids is 1. The fourth-order valence-electron chi connectivity index (χ4n) is 2.12. The first-order valence-corrected chi connectivity index (χ1v) is 7.94. The van der Waals surface area contributed by atoms with Crippen molar-refractivity contribution in [3.8, 4) is 6.07 Å². The van der Waals surface area contributed by atoms with Crippen LogP contribution in [0.25, 0.3) is 6.08 Å². The Bertz CT molecular complexity index is 572. The predicted octanol–water partition coefficient (Wildman–Crippen LogP) is 1.80. The van der Waals surface area contributed by atoms with E-state index in [-0.39, 0.29) is 11.5 Å². The number of halogens is 1. The number of nitrogens with one attached hydrogen (secondary N) is 1. The fourth-order valence-corrected chi connectivity index (χ4v) is 2.39. The zero-order valence-corrected chi connectivity index (χ0v) is 13.8. The van der Waals surface area contributed by atoms with Crippen LogP contribution >= 0.6 is 15.9 Å². The molecule has 1 amide bonds. The molecule has 1 heterocycles. The monoisotopic (exact) mass is 363 g/mol. The van der Waals surface area contributed by atoms with Gasteiger partial charge in [-0.05, 0) is 23.8 Å². The van der Waals surface area contributed by atoms with E-state index in [4.69, 9.17) is 10.00 Å². The van der Waals surface area contributed by atoms with Crippen molar-refractivity contribution in [1.82, 2.24) is 10.2 Å². The number of nitrogens with zero attached hydrogens (tertiary/aromatic N) is 2. The Morgan fingerprint density at radius 1 is 1.36 bits per heavy atom. The summed E-state index contributed by atoms with van der Waals surface area (Å²) in [6.07, 6.45) is 1.59. The van der Waals surface area contributed by atoms with E-state index in [1.807, 2.05) is 30.3 Å². The zero-order chi connectivity index (χ0) is 15.8. The molecule has 6 heteroatoms. The van der Waals surface area contributed by atoms with E-state index < -0.39 is 0 Å². The van der Waals surface area contributed by atoms with Crippen LogP contribution in [0.2, 0.25) is 0 Å². The number of carbonyl (C=O) groups is 1. The van der Waals surface area contributed by atoms with Crippen molar-refractivity contribution in [2.75, 3.05) is 39.4 Å². The van der Waals surface area contributed by atoms with E-state index in [0.717, 1.165) is 42.9 Å². The molecule has 0 bridgehead atoms. The molecule has 0 aromatic heterocycles. The first-order valence-electron chi connectivity index (χ1n) is 7.15. The van der Waals surface area contributed by atoms with Gasteiger partial charge in [0.2, 0.25) is 0 Å². The average molecular weight is 364 g/mol. The van der Waals surface area contributed by atoms with Crippen molar-refractivity contribution >= 4 is 27.9 Å². The van der Waals surface area contributed by atoms with Gasteiger partial charge in [-0.2, -0.15) is 5.26 Å². The lowest BCUT2D eigenvalue weighted by Gasteiger charge is -2.26. The third kappa shape index (κ3) is 5.26. The van der Waals surface area contributed by atoms with Crippen LogP contribution in [0.15, 0.2) is 34.3 Å². The molecule has 0 spiro atoms. The summed E-state index contributed by atoms with van der Waals surface area (Å²) in [5, 5.41) is 11.9. The Morgan fingerprint density at radius 2 is 2.05 bits per heavy atom. The van der Waals surface area contributed by atoms with Crippen molar-refractivity contribution in [1.29, 1.82) is 5.26 Å². The van der Waals surface area contributed by atoms with Crippen LogP contribution in [0.4, 0.5) is 0 Å². The molecule has 1 aliphatic rings. The highest BCUT2D eigenvalue weighted by Crippen LogP contribution is 2.13. The fraction of sp³-hybridized carbons (Fsp3) is 0.375. The molecule has 1 aromatic carbocycles. The van der Waals surface area contributed by atoms with Gasteiger partial charge in [-0.3, -0.25) is 9.69 Å². The number of rotatable bonds is 5. The molecular weight excluding hydrogens is 346 g/mol. The van der Waals surface area contributed by atoms with E-state index in [2.05, 4.69) is 26.1 Å². The lowest BCUT2D eigenvalue weighted by molar-refractivity contribution is -0.117. The summed E-state index contributed by atoms with van der Waals surface area (Å²) in [4.78, 5) is 14.3. The number of nitriles is 1. The van der Waals surface area contributed by atoms with Crippen LogP contribution in [0, 0.1) is 11.3 Å². The second kappa shape index (κ2) is 8.69. The maximum atomic E-state index is 12.0. The third-order valence-corrected chi connectivity index (χ3v) is 3.89. The lowest BCUT2D eigenvalue weighted by Crippen LogP contribution is -2.41. The van der Waals surface area contributed by atoms with E-state index in [9.17, 15) is 4.79 Å². The highest BCUT2D eigenvalue weighted by molar-refractivity contribution is 9.10. The van der Waals surface area contributed by atoms with Gasteiger partial charge in [0.1, 0.15) is 11.6 Å². The first-order chi connectivity index (χ1) is 10.7. The van der Waals surface area contributed by atoms with E-state index in [0.29, 0.717) is 6.54 Å². The van der Waals surface area contributed by atoms with Crippen molar-refractivity contribution in [2.24, 2.45) is 0 Å². The van der Waals surface area contributed by atoms with Crippen LogP contribution in [0.3, 0.4) is 0 Å². The van der Waals surface area contributed by atoms with Crippen molar-refractivity contribution < 1.29 is 9.53 Å². The summed E-state index contributed by atoms with van der Waals surface area (Å²) in [7, 11) is 0. The standard InChI is InChI=1S/C16H18BrN3O2/c17-15-3-1-13(2-4-15)11-14(12-18)16(21)19-5-6-20-7-9-22-10-8-20/h1-4,11H,5-10H2,(H,19,21). The summed E-state index contributed by atoms with van der Waals surface area (Å²) in [5.41, 5.74) is 0.937. The van der Waals surface area contributed by atoms with Crippen LogP contribution < -0.4 is 5.32 Å². The Hall–Kier alpha value is -1.68. The largest absolute Gasteiger partial charge is 0.379 e. The molecule has 0 saturated carbocycles. The number of hydrogen-bond donors (Lipinski definition) is 1. The summed E-state index contributed by atoms with van der Waals surface area (Å²) in [5.74, 6) is -0.335. The van der Waals surface area contributed by atoms with Crippen LogP contribution in [0.1, 0.15) is 5.56 Å². The highest BCUT2D eigenvalue weighted by atomic mass is 79.9. The van der Waals surface area contributed by atoms with E-state index in [1.165, 1.54) is 0 Å². The van der Waals surface area contributed by atoms with Gasteiger partial charge in [-0.1, -0.05) is 28.1 Å². The molecule has 0 atom stereocenters. The minimum Gasteiger partial charge on any atom is -0.379 e. The Balaban J connectivity index is 1.86. The Morgan fingerprint density at radius 3 is 2.68 bits per heavy atom. The molecule has 1 aromatic rings. The quantitative estimate of drug-likeness (QED) is 0.639. The van der Waals surface area contributed by atoms with Gasteiger partial charge >= 0.3 is 0 Å². The number of amides is 1. The molecule has 2 rings (SSSR count). The van der Waals surface area contributed by atoms with E-state index >= 15 is 0 Å². The SMILES string of the molecule is N#CC(=Cc1ccc(Br)cc1)C(=O)NCCN1CCOCC1. The minimum atomic E-state index is -0.335. The molecule has 1 aliphatic heterocycles. The van der Waals surface area contributed by atoms with Gasteiger partial charge in [-0.15, -0.1) is 0 Å². The zero-order valence-electron chi connectivity index (χ0n) is 12.2. The van der Waals surface area contributed by atoms with Crippen LogP contribution in [-0.2, 0) is 9.53 Å². The third-order valence-electron chi connectivity index (χ3n) is 3.36. The predicted molar refractivity (Wildman–Crippen MR) is 88.0 cm³/mol. The summed E-state index contributed by atoms with van der Waals surface area (Å²) in [6, 6.07) is 9.40. The number of hydrogen-bond acceptors (Lipinski definition) is 4. The molecule has 22 heavy (non-hydrogen) atoms. The average Bonchev–Trinajstić information content (AvgIpc) is 2.55. The lowest BCUT2D eigenvalue weighted by atomic mass is 10.1. The molecule has 116 valence electrons. The number of benzene rings is 1. The maximum Gasteiger partial charge on any atom is 0.261 e.